The fraction of sp³-hybridized carbons (Fsp3) is 0.650. The van der Waals surface area contributed by atoms with Gasteiger partial charge in [-0.15, -0.1) is 0 Å². The van der Waals surface area contributed by atoms with Crippen molar-refractivity contribution < 1.29 is 14.3 Å². The van der Waals surface area contributed by atoms with Crippen LogP contribution in [0.4, 0.5) is 0 Å². The van der Waals surface area contributed by atoms with E-state index >= 15 is 0 Å². The third-order valence-electron chi connectivity index (χ3n) is 5.41. The average molecular weight is 331 g/mol. The van der Waals surface area contributed by atoms with Gasteiger partial charge in [0.2, 0.25) is 5.91 Å². The molecule has 1 aromatic rings. The first-order valence-electron chi connectivity index (χ1n) is 9.22. The summed E-state index contributed by atoms with van der Waals surface area (Å²) in [5.74, 6) is 0.482. The van der Waals surface area contributed by atoms with Gasteiger partial charge >= 0.3 is 0 Å². The van der Waals surface area contributed by atoms with Gasteiger partial charge in [0, 0.05) is 26.1 Å². The van der Waals surface area contributed by atoms with Crippen molar-refractivity contribution in [3.8, 4) is 0 Å². The molecule has 2 aliphatic rings. The second kappa shape index (κ2) is 8.63. The Morgan fingerprint density at radius 2 is 1.92 bits per heavy atom. The van der Waals surface area contributed by atoms with E-state index in [1.54, 1.807) is 7.11 Å². The minimum atomic E-state index is 0.134. The predicted octanol–water partition coefficient (Wildman–Crippen LogP) is 3.05. The Bertz CT molecular complexity index is 513. The highest BCUT2D eigenvalue weighted by atomic mass is 16.5. The zero-order valence-electron chi connectivity index (χ0n) is 14.7. The maximum atomic E-state index is 12.5. The monoisotopic (exact) mass is 331 g/mol. The Hall–Kier alpha value is -1.39. The number of hydrogen-bond donors (Lipinski definition) is 0. The van der Waals surface area contributed by atoms with Crippen molar-refractivity contribution in [1.82, 2.24) is 4.90 Å². The van der Waals surface area contributed by atoms with E-state index in [2.05, 4.69) is 24.3 Å². The number of hydrogen-bond acceptors (Lipinski definition) is 3. The van der Waals surface area contributed by atoms with E-state index in [9.17, 15) is 4.79 Å². The Balaban J connectivity index is 1.54. The van der Waals surface area contributed by atoms with Crippen molar-refractivity contribution in [3.05, 3.63) is 35.9 Å². The van der Waals surface area contributed by atoms with Gasteiger partial charge in [0.15, 0.2) is 0 Å². The minimum Gasteiger partial charge on any atom is -0.381 e. The molecular formula is C20H29NO3. The van der Waals surface area contributed by atoms with Gasteiger partial charge in [0.05, 0.1) is 12.2 Å². The lowest BCUT2D eigenvalue weighted by Crippen LogP contribution is -2.48. The van der Waals surface area contributed by atoms with Crippen LogP contribution >= 0.6 is 0 Å². The van der Waals surface area contributed by atoms with Gasteiger partial charge in [-0.1, -0.05) is 43.2 Å². The minimum absolute atomic E-state index is 0.134. The Labute approximate surface area is 145 Å². The summed E-state index contributed by atoms with van der Waals surface area (Å²) >= 11 is 0. The van der Waals surface area contributed by atoms with Crippen LogP contribution in [0.1, 0.15) is 37.7 Å². The topological polar surface area (TPSA) is 38.8 Å². The maximum Gasteiger partial charge on any atom is 0.248 e. The van der Waals surface area contributed by atoms with Gasteiger partial charge in [0.25, 0.3) is 0 Å². The number of methoxy groups -OCH3 is 1. The lowest BCUT2D eigenvalue weighted by molar-refractivity contribution is -0.142. The normalized spacial score (nSPS) is 25.1. The standard InChI is InChI=1S/C20H29NO3/c1-23-19-11-12-21(20(22)15-24-18-9-5-6-10-18)14-17(19)13-16-7-3-2-4-8-16/h2-4,7-8,17-19H,5-6,9-15H2,1H3/t17-,19-/m0/s1. The number of benzene rings is 1. The molecule has 1 aliphatic heterocycles. The molecule has 0 bridgehead atoms. The molecule has 2 fully saturated rings. The molecule has 1 aliphatic carbocycles. The molecule has 1 saturated carbocycles. The highest BCUT2D eigenvalue weighted by Gasteiger charge is 2.32. The van der Waals surface area contributed by atoms with Crippen LogP contribution in [0.3, 0.4) is 0 Å². The van der Waals surface area contributed by atoms with Gasteiger partial charge in [-0.3, -0.25) is 4.79 Å². The Kier molecular flexibility index (Phi) is 6.27. The predicted molar refractivity (Wildman–Crippen MR) is 93.8 cm³/mol. The molecule has 0 N–H and O–H groups in total. The molecule has 132 valence electrons. The van der Waals surface area contributed by atoms with Crippen LogP contribution in [-0.4, -0.2) is 49.8 Å². The Morgan fingerprint density at radius 1 is 1.17 bits per heavy atom. The van der Waals surface area contributed by atoms with E-state index in [0.717, 1.165) is 38.8 Å². The van der Waals surface area contributed by atoms with Gasteiger partial charge in [-0.2, -0.15) is 0 Å². The van der Waals surface area contributed by atoms with Crippen LogP contribution in [0, 0.1) is 5.92 Å². The molecule has 0 unspecified atom stereocenters. The highest BCUT2D eigenvalue weighted by molar-refractivity contribution is 5.77. The largest absolute Gasteiger partial charge is 0.381 e. The van der Waals surface area contributed by atoms with Crippen molar-refractivity contribution >= 4 is 5.91 Å². The number of carbonyl (C=O) groups excluding carboxylic acids is 1. The van der Waals surface area contributed by atoms with Gasteiger partial charge in [-0.25, -0.2) is 0 Å². The summed E-state index contributed by atoms with van der Waals surface area (Å²) in [4.78, 5) is 14.5. The molecule has 1 amide bonds. The molecule has 1 saturated heterocycles. The fourth-order valence-electron chi connectivity index (χ4n) is 4.00. The zero-order valence-corrected chi connectivity index (χ0v) is 14.7. The van der Waals surface area contributed by atoms with Gasteiger partial charge in [-0.05, 0) is 31.2 Å². The summed E-state index contributed by atoms with van der Waals surface area (Å²) in [6, 6.07) is 10.5. The molecule has 0 radical (unpaired) electrons. The second-order valence-corrected chi connectivity index (χ2v) is 7.07. The molecule has 1 heterocycles. The molecule has 24 heavy (non-hydrogen) atoms. The summed E-state index contributed by atoms with van der Waals surface area (Å²) in [6.07, 6.45) is 7.06. The van der Waals surface area contributed by atoms with Crippen LogP contribution in [-0.2, 0) is 20.7 Å². The Morgan fingerprint density at radius 3 is 2.62 bits per heavy atom. The zero-order chi connectivity index (χ0) is 16.8. The quantitative estimate of drug-likeness (QED) is 0.804. The number of amides is 1. The van der Waals surface area contributed by atoms with E-state index < -0.39 is 0 Å². The summed E-state index contributed by atoms with van der Waals surface area (Å²) in [7, 11) is 1.78. The van der Waals surface area contributed by atoms with Crippen LogP contribution < -0.4 is 0 Å². The van der Waals surface area contributed by atoms with Crippen LogP contribution in [0.2, 0.25) is 0 Å². The summed E-state index contributed by atoms with van der Waals surface area (Å²) in [5.41, 5.74) is 1.31. The van der Waals surface area contributed by atoms with E-state index in [0.29, 0.717) is 12.0 Å². The van der Waals surface area contributed by atoms with E-state index in [1.165, 1.54) is 18.4 Å². The first-order chi connectivity index (χ1) is 11.8. The lowest BCUT2D eigenvalue weighted by atomic mass is 9.88. The molecule has 2 atom stereocenters. The molecule has 1 aromatic carbocycles. The first-order valence-corrected chi connectivity index (χ1v) is 9.22. The van der Waals surface area contributed by atoms with Crippen molar-refractivity contribution in [2.24, 2.45) is 5.92 Å². The van der Waals surface area contributed by atoms with Crippen LogP contribution in [0.25, 0.3) is 0 Å². The van der Waals surface area contributed by atoms with Gasteiger partial charge < -0.3 is 14.4 Å². The second-order valence-electron chi connectivity index (χ2n) is 7.07. The molecule has 4 nitrogen and oxygen atoms in total. The van der Waals surface area contributed by atoms with E-state index in [1.807, 2.05) is 11.0 Å². The number of piperidine rings is 1. The molecular weight excluding hydrogens is 302 g/mol. The number of carbonyl (C=O) groups is 1. The molecule has 0 spiro atoms. The number of likely N-dealkylation sites (tertiary alicyclic amines) is 1. The van der Waals surface area contributed by atoms with Crippen molar-refractivity contribution in [1.29, 1.82) is 0 Å². The summed E-state index contributed by atoms with van der Waals surface area (Å²) in [6.45, 7) is 1.78. The average Bonchev–Trinajstić information content (AvgIpc) is 3.14. The van der Waals surface area contributed by atoms with Crippen molar-refractivity contribution in [3.63, 3.8) is 0 Å². The smallest absolute Gasteiger partial charge is 0.248 e. The fourth-order valence-corrected chi connectivity index (χ4v) is 4.00. The van der Waals surface area contributed by atoms with E-state index in [4.69, 9.17) is 9.47 Å². The lowest BCUT2D eigenvalue weighted by Gasteiger charge is -2.38. The third-order valence-corrected chi connectivity index (χ3v) is 5.41. The maximum absolute atomic E-state index is 12.5. The first kappa shape index (κ1) is 17.4. The van der Waals surface area contributed by atoms with Gasteiger partial charge in [0.1, 0.15) is 6.61 Å². The van der Waals surface area contributed by atoms with Crippen molar-refractivity contribution in [2.45, 2.75) is 50.7 Å². The summed E-state index contributed by atoms with van der Waals surface area (Å²) in [5, 5.41) is 0. The van der Waals surface area contributed by atoms with Crippen LogP contribution in [0.15, 0.2) is 30.3 Å². The highest BCUT2D eigenvalue weighted by Crippen LogP contribution is 2.25. The van der Waals surface area contributed by atoms with Crippen LogP contribution in [0.5, 0.6) is 0 Å². The molecule has 0 aromatic heterocycles. The number of rotatable bonds is 6. The third kappa shape index (κ3) is 4.58. The molecule has 4 heteroatoms. The SMILES string of the molecule is CO[C@H]1CCN(C(=O)COC2CCCC2)C[C@@H]1Cc1ccccc1. The van der Waals surface area contributed by atoms with E-state index in [-0.39, 0.29) is 18.6 Å². The molecule has 3 rings (SSSR count). The number of nitrogens with zero attached hydrogens (tertiary/aromatic N) is 1. The summed E-state index contributed by atoms with van der Waals surface area (Å²) < 4.78 is 11.5. The van der Waals surface area contributed by atoms with Crippen molar-refractivity contribution in [2.75, 3.05) is 26.8 Å². The number of ether oxygens (including phenoxy) is 2.